The molecule has 2 aromatic rings. The zero-order valence-electron chi connectivity index (χ0n) is 10.4. The summed E-state index contributed by atoms with van der Waals surface area (Å²) in [5.41, 5.74) is 7.28. The highest BCUT2D eigenvalue weighted by atomic mass is 32.2. The van der Waals surface area contributed by atoms with Gasteiger partial charge in [0.15, 0.2) is 4.90 Å². The van der Waals surface area contributed by atoms with E-state index in [0.29, 0.717) is 21.8 Å². The molecule has 0 heterocycles. The van der Waals surface area contributed by atoms with E-state index in [9.17, 15) is 9.35 Å². The van der Waals surface area contributed by atoms with E-state index in [1.54, 1.807) is 54.8 Å². The van der Waals surface area contributed by atoms with E-state index < -0.39 is 11.2 Å². The third kappa shape index (κ3) is 3.27. The molecular weight excluding hydrogens is 260 g/mol. The zero-order valence-corrected chi connectivity index (χ0v) is 11.2. The highest BCUT2D eigenvalue weighted by Crippen LogP contribution is 2.18. The van der Waals surface area contributed by atoms with Crippen LogP contribution in [0.4, 0.5) is 11.4 Å². The van der Waals surface area contributed by atoms with Crippen LogP contribution < -0.4 is 11.1 Å². The van der Waals surface area contributed by atoms with Crippen molar-refractivity contribution in [3.8, 4) is 0 Å². The van der Waals surface area contributed by atoms with Gasteiger partial charge in [-0.05, 0) is 47.6 Å². The molecular formula is C14H14N2O2S. The van der Waals surface area contributed by atoms with Crippen molar-refractivity contribution in [3.05, 3.63) is 54.1 Å². The zero-order chi connectivity index (χ0) is 13.8. The average Bonchev–Trinajstić information content (AvgIpc) is 2.41. The Balaban J connectivity index is 2.23. The van der Waals surface area contributed by atoms with Crippen LogP contribution in [0, 0.1) is 0 Å². The second-order valence-corrected chi connectivity index (χ2v) is 5.37. The smallest absolute Gasteiger partial charge is 0.260 e. The number of benzene rings is 2. The van der Waals surface area contributed by atoms with E-state index >= 15 is 0 Å². The summed E-state index contributed by atoms with van der Waals surface area (Å²) in [4.78, 5) is 12.7. The van der Waals surface area contributed by atoms with Crippen LogP contribution in [0.2, 0.25) is 0 Å². The number of nitrogens with one attached hydrogen (secondary N) is 1. The molecule has 19 heavy (non-hydrogen) atoms. The highest BCUT2D eigenvalue weighted by Gasteiger charge is 2.17. The van der Waals surface area contributed by atoms with Gasteiger partial charge < -0.3 is 15.6 Å². The molecule has 0 aromatic heterocycles. The third-order valence-electron chi connectivity index (χ3n) is 2.61. The van der Waals surface area contributed by atoms with E-state index in [1.165, 1.54) is 0 Å². The summed E-state index contributed by atoms with van der Waals surface area (Å²) in [6, 6.07) is 13.7. The number of carbonyl (C=O) groups excluding carboxylic acids is 1. The van der Waals surface area contributed by atoms with Crippen LogP contribution in [0.5, 0.6) is 0 Å². The topological polar surface area (TPSA) is 78.2 Å². The molecule has 0 bridgehead atoms. The first kappa shape index (κ1) is 13.5. The number of rotatable bonds is 3. The summed E-state index contributed by atoms with van der Waals surface area (Å²) >= 11 is -1.20. The fourth-order valence-corrected chi connectivity index (χ4v) is 2.41. The van der Waals surface area contributed by atoms with Crippen LogP contribution in [0.25, 0.3) is 0 Å². The SMILES string of the molecule is C[S+]([O-])c1ccccc1C(=O)Nc1ccc(N)cc1. The molecule has 98 valence electrons. The van der Waals surface area contributed by atoms with E-state index in [-0.39, 0.29) is 5.91 Å². The van der Waals surface area contributed by atoms with Crippen molar-refractivity contribution in [1.29, 1.82) is 0 Å². The second-order valence-electron chi connectivity index (χ2n) is 4.03. The Morgan fingerprint density at radius 1 is 1.16 bits per heavy atom. The predicted molar refractivity (Wildman–Crippen MR) is 77.6 cm³/mol. The van der Waals surface area contributed by atoms with Crippen molar-refractivity contribution in [2.24, 2.45) is 0 Å². The van der Waals surface area contributed by atoms with Gasteiger partial charge in [-0.1, -0.05) is 12.1 Å². The fourth-order valence-electron chi connectivity index (χ4n) is 1.67. The molecule has 0 saturated heterocycles. The lowest BCUT2D eigenvalue weighted by Crippen LogP contribution is -2.16. The molecule has 0 aliphatic rings. The molecule has 2 aromatic carbocycles. The van der Waals surface area contributed by atoms with Gasteiger partial charge in [-0.3, -0.25) is 4.79 Å². The summed E-state index contributed by atoms with van der Waals surface area (Å²) in [5.74, 6) is -0.282. The molecule has 1 unspecified atom stereocenters. The molecule has 0 radical (unpaired) electrons. The lowest BCUT2D eigenvalue weighted by molar-refractivity contribution is 0.102. The summed E-state index contributed by atoms with van der Waals surface area (Å²) < 4.78 is 11.6. The Bertz CT molecular complexity index is 582. The standard InChI is InChI=1S/C14H14N2O2S/c1-19(18)13-5-3-2-4-12(13)14(17)16-11-8-6-10(15)7-9-11/h2-9H,15H2,1H3,(H,16,17). The largest absolute Gasteiger partial charge is 0.612 e. The van der Waals surface area contributed by atoms with Crippen molar-refractivity contribution in [2.45, 2.75) is 4.90 Å². The summed E-state index contributed by atoms with van der Waals surface area (Å²) in [6.45, 7) is 0. The Morgan fingerprint density at radius 3 is 2.42 bits per heavy atom. The number of hydrogen-bond donors (Lipinski definition) is 2. The van der Waals surface area contributed by atoms with Crippen molar-refractivity contribution < 1.29 is 9.35 Å². The molecule has 4 nitrogen and oxygen atoms in total. The van der Waals surface area contributed by atoms with Gasteiger partial charge in [-0.15, -0.1) is 0 Å². The van der Waals surface area contributed by atoms with E-state index in [2.05, 4.69) is 5.32 Å². The molecule has 2 rings (SSSR count). The number of anilines is 2. The number of carbonyl (C=O) groups is 1. The number of nitrogen functional groups attached to an aromatic ring is 1. The maximum Gasteiger partial charge on any atom is 0.260 e. The Morgan fingerprint density at radius 2 is 1.79 bits per heavy atom. The molecule has 5 heteroatoms. The van der Waals surface area contributed by atoms with Gasteiger partial charge in [0.1, 0.15) is 6.26 Å². The molecule has 1 atom stereocenters. The molecule has 3 N–H and O–H groups in total. The van der Waals surface area contributed by atoms with E-state index in [0.717, 1.165) is 0 Å². The van der Waals surface area contributed by atoms with Crippen LogP contribution >= 0.6 is 0 Å². The Hall–Kier alpha value is -1.98. The minimum Gasteiger partial charge on any atom is -0.612 e. The van der Waals surface area contributed by atoms with Gasteiger partial charge in [-0.25, -0.2) is 0 Å². The fraction of sp³-hybridized carbons (Fsp3) is 0.0714. The quantitative estimate of drug-likeness (QED) is 0.665. The normalized spacial score (nSPS) is 11.9. The van der Waals surface area contributed by atoms with Crippen molar-refractivity contribution in [1.82, 2.24) is 0 Å². The molecule has 0 saturated carbocycles. The summed E-state index contributed by atoms with van der Waals surface area (Å²) in [5, 5.41) is 2.75. The lowest BCUT2D eigenvalue weighted by atomic mass is 10.2. The molecule has 0 fully saturated rings. The maximum absolute atomic E-state index is 12.1. The van der Waals surface area contributed by atoms with Gasteiger partial charge in [0.05, 0.1) is 5.56 Å². The van der Waals surface area contributed by atoms with E-state index in [1.807, 2.05) is 0 Å². The predicted octanol–water partition coefficient (Wildman–Crippen LogP) is 2.26. The summed E-state index contributed by atoms with van der Waals surface area (Å²) in [6.07, 6.45) is 1.55. The van der Waals surface area contributed by atoms with Crippen molar-refractivity contribution in [2.75, 3.05) is 17.3 Å². The first-order chi connectivity index (χ1) is 9.08. The van der Waals surface area contributed by atoms with Gasteiger partial charge >= 0.3 is 0 Å². The Labute approximate surface area is 114 Å². The maximum atomic E-state index is 12.1. The minimum atomic E-state index is -1.20. The minimum absolute atomic E-state index is 0.282. The van der Waals surface area contributed by atoms with Crippen LogP contribution in [-0.2, 0) is 11.2 Å². The van der Waals surface area contributed by atoms with Gasteiger partial charge in [0, 0.05) is 11.4 Å². The summed E-state index contributed by atoms with van der Waals surface area (Å²) in [7, 11) is 0. The first-order valence-electron chi connectivity index (χ1n) is 5.67. The number of amides is 1. The monoisotopic (exact) mass is 274 g/mol. The lowest BCUT2D eigenvalue weighted by Gasteiger charge is -2.10. The second kappa shape index (κ2) is 5.77. The number of hydrogen-bond acceptors (Lipinski definition) is 3. The number of nitrogens with two attached hydrogens (primary N) is 1. The van der Waals surface area contributed by atoms with Crippen LogP contribution in [-0.4, -0.2) is 16.7 Å². The highest BCUT2D eigenvalue weighted by molar-refractivity contribution is 7.90. The van der Waals surface area contributed by atoms with Gasteiger partial charge in [0.2, 0.25) is 0 Å². The van der Waals surface area contributed by atoms with Crippen LogP contribution in [0.3, 0.4) is 0 Å². The Kier molecular flexibility index (Phi) is 4.09. The molecule has 0 aliphatic heterocycles. The van der Waals surface area contributed by atoms with Gasteiger partial charge in [0.25, 0.3) is 5.91 Å². The molecule has 1 amide bonds. The first-order valence-corrected chi connectivity index (χ1v) is 7.23. The van der Waals surface area contributed by atoms with E-state index in [4.69, 9.17) is 5.73 Å². The molecule has 0 spiro atoms. The van der Waals surface area contributed by atoms with Crippen molar-refractivity contribution in [3.63, 3.8) is 0 Å². The van der Waals surface area contributed by atoms with Crippen molar-refractivity contribution >= 4 is 28.5 Å². The molecule has 0 aliphatic carbocycles. The van der Waals surface area contributed by atoms with Crippen LogP contribution in [0.1, 0.15) is 10.4 Å². The van der Waals surface area contributed by atoms with Crippen LogP contribution in [0.15, 0.2) is 53.4 Å². The van der Waals surface area contributed by atoms with Gasteiger partial charge in [-0.2, -0.15) is 0 Å². The third-order valence-corrected chi connectivity index (χ3v) is 3.59. The average molecular weight is 274 g/mol.